The largest absolute Gasteiger partial charge is 0.445 e. The molecular weight excluding hydrogens is 316 g/mol. The quantitative estimate of drug-likeness (QED) is 0.725. The summed E-state index contributed by atoms with van der Waals surface area (Å²) in [4.78, 5) is 26.3. The fraction of sp³-hybridized carbons (Fsp3) is 0.100. The molecule has 0 aliphatic carbocycles. The Bertz CT molecular complexity index is 998. The van der Waals surface area contributed by atoms with Gasteiger partial charge >= 0.3 is 6.09 Å². The first-order valence-corrected chi connectivity index (χ1v) is 7.77. The van der Waals surface area contributed by atoms with Gasteiger partial charge in [-0.05, 0) is 23.8 Å². The number of nitrogens with one attached hydrogen (secondary N) is 2. The molecule has 1 heterocycles. The van der Waals surface area contributed by atoms with E-state index >= 15 is 0 Å². The van der Waals surface area contributed by atoms with Crippen LogP contribution in [0.4, 0.5) is 4.79 Å². The second kappa shape index (κ2) is 7.84. The first kappa shape index (κ1) is 16.3. The number of hydrogen-bond acceptors (Lipinski definition) is 3. The zero-order valence-electron chi connectivity index (χ0n) is 13.4. The van der Waals surface area contributed by atoms with Gasteiger partial charge in [-0.3, -0.25) is 4.79 Å². The van der Waals surface area contributed by atoms with Gasteiger partial charge in [0.1, 0.15) is 6.61 Å². The van der Waals surface area contributed by atoms with E-state index in [4.69, 9.17) is 4.74 Å². The minimum Gasteiger partial charge on any atom is -0.445 e. The molecule has 0 fully saturated rings. The summed E-state index contributed by atoms with van der Waals surface area (Å²) < 4.78 is 5.09. The Labute approximate surface area is 144 Å². The van der Waals surface area contributed by atoms with Crippen molar-refractivity contribution in [2.24, 2.45) is 0 Å². The molecule has 2 aromatic carbocycles. The van der Waals surface area contributed by atoms with Crippen molar-refractivity contribution in [3.05, 3.63) is 82.1 Å². The number of amides is 1. The molecule has 3 rings (SSSR count). The van der Waals surface area contributed by atoms with Gasteiger partial charge in [0.05, 0.1) is 12.1 Å². The second-order valence-corrected chi connectivity index (χ2v) is 5.32. The van der Waals surface area contributed by atoms with Gasteiger partial charge in [0.15, 0.2) is 5.43 Å². The maximum atomic E-state index is 11.7. The Balaban J connectivity index is 1.52. The van der Waals surface area contributed by atoms with E-state index in [1.807, 2.05) is 30.3 Å². The third-order valence-electron chi connectivity index (χ3n) is 3.53. The van der Waals surface area contributed by atoms with Crippen molar-refractivity contribution in [1.82, 2.24) is 10.3 Å². The SMILES string of the molecule is O=C(NCC#Cc1ccc2c(=O)cc[nH]c2c1)OCc1ccccc1. The van der Waals surface area contributed by atoms with Crippen LogP contribution in [0.1, 0.15) is 11.1 Å². The molecule has 0 bridgehead atoms. The number of benzene rings is 2. The van der Waals surface area contributed by atoms with Crippen molar-refractivity contribution in [2.75, 3.05) is 6.54 Å². The fourth-order valence-electron chi connectivity index (χ4n) is 2.29. The van der Waals surface area contributed by atoms with Crippen LogP contribution in [0.25, 0.3) is 10.9 Å². The number of carbonyl (C=O) groups is 1. The number of aromatic nitrogens is 1. The summed E-state index contributed by atoms with van der Waals surface area (Å²) in [5.41, 5.74) is 2.38. The molecule has 0 aliphatic heterocycles. The smallest absolute Gasteiger partial charge is 0.408 e. The van der Waals surface area contributed by atoms with Crippen LogP contribution in [-0.4, -0.2) is 17.6 Å². The summed E-state index contributed by atoms with van der Waals surface area (Å²) in [6, 6.07) is 16.3. The number of fused-ring (bicyclic) bond motifs is 1. The molecule has 5 nitrogen and oxygen atoms in total. The van der Waals surface area contributed by atoms with Gasteiger partial charge in [-0.15, -0.1) is 0 Å². The summed E-state index contributed by atoms with van der Waals surface area (Å²) in [6.07, 6.45) is 1.09. The molecule has 5 heteroatoms. The molecule has 1 aromatic heterocycles. The van der Waals surface area contributed by atoms with Gasteiger partial charge in [-0.1, -0.05) is 42.2 Å². The van der Waals surface area contributed by atoms with Crippen molar-refractivity contribution in [1.29, 1.82) is 0 Å². The predicted molar refractivity (Wildman–Crippen MR) is 96.1 cm³/mol. The maximum Gasteiger partial charge on any atom is 0.408 e. The number of pyridine rings is 1. The maximum absolute atomic E-state index is 11.7. The molecule has 124 valence electrons. The van der Waals surface area contributed by atoms with E-state index < -0.39 is 6.09 Å². The topological polar surface area (TPSA) is 71.2 Å². The summed E-state index contributed by atoms with van der Waals surface area (Å²) in [5, 5.41) is 3.20. The van der Waals surface area contributed by atoms with Crippen LogP contribution in [0.5, 0.6) is 0 Å². The number of aromatic amines is 1. The molecule has 2 N–H and O–H groups in total. The van der Waals surface area contributed by atoms with E-state index in [1.165, 1.54) is 6.07 Å². The minimum absolute atomic E-state index is 0.0314. The average molecular weight is 332 g/mol. The zero-order chi connectivity index (χ0) is 17.5. The number of alkyl carbamates (subject to hydrolysis) is 1. The van der Waals surface area contributed by atoms with Gasteiger partial charge in [-0.25, -0.2) is 4.79 Å². The van der Waals surface area contributed by atoms with Crippen LogP contribution in [0.2, 0.25) is 0 Å². The monoisotopic (exact) mass is 332 g/mol. The van der Waals surface area contributed by atoms with E-state index in [9.17, 15) is 9.59 Å². The normalized spacial score (nSPS) is 9.92. The van der Waals surface area contributed by atoms with Crippen molar-refractivity contribution in [2.45, 2.75) is 6.61 Å². The fourth-order valence-corrected chi connectivity index (χ4v) is 2.29. The number of carbonyl (C=O) groups excluding carboxylic acids is 1. The summed E-state index contributed by atoms with van der Waals surface area (Å²) in [7, 11) is 0. The Morgan fingerprint density at radius 2 is 1.96 bits per heavy atom. The third-order valence-corrected chi connectivity index (χ3v) is 3.53. The highest BCUT2D eigenvalue weighted by atomic mass is 16.5. The van der Waals surface area contributed by atoms with E-state index in [2.05, 4.69) is 22.1 Å². The Kier molecular flexibility index (Phi) is 5.13. The molecule has 25 heavy (non-hydrogen) atoms. The van der Waals surface area contributed by atoms with Gasteiger partial charge in [0, 0.05) is 23.2 Å². The standard InChI is InChI=1S/C20H16N2O3/c23-19-10-12-21-18-13-15(8-9-17(18)19)7-4-11-22-20(24)25-14-16-5-2-1-3-6-16/h1-3,5-6,8-10,12-13H,11,14H2,(H,21,23)(H,22,24). The van der Waals surface area contributed by atoms with Crippen molar-refractivity contribution in [3.63, 3.8) is 0 Å². The minimum atomic E-state index is -0.513. The highest BCUT2D eigenvalue weighted by Crippen LogP contribution is 2.08. The van der Waals surface area contributed by atoms with Gasteiger partial charge in [0.2, 0.25) is 0 Å². The van der Waals surface area contributed by atoms with Crippen LogP contribution in [0, 0.1) is 11.8 Å². The van der Waals surface area contributed by atoms with E-state index in [1.54, 1.807) is 24.4 Å². The van der Waals surface area contributed by atoms with Crippen molar-refractivity contribution >= 4 is 17.0 Å². The predicted octanol–water partition coefficient (Wildman–Crippen LogP) is 2.81. The summed E-state index contributed by atoms with van der Waals surface area (Å²) in [6.45, 7) is 0.398. The van der Waals surface area contributed by atoms with Gasteiger partial charge < -0.3 is 15.0 Å². The van der Waals surface area contributed by atoms with E-state index in [-0.39, 0.29) is 18.6 Å². The molecule has 0 spiro atoms. The van der Waals surface area contributed by atoms with Crippen LogP contribution in [0.15, 0.2) is 65.6 Å². The summed E-state index contributed by atoms with van der Waals surface area (Å²) >= 11 is 0. The Morgan fingerprint density at radius 3 is 2.80 bits per heavy atom. The lowest BCUT2D eigenvalue weighted by Gasteiger charge is -2.04. The van der Waals surface area contributed by atoms with E-state index in [0.29, 0.717) is 5.39 Å². The zero-order valence-corrected chi connectivity index (χ0v) is 13.4. The van der Waals surface area contributed by atoms with Gasteiger partial charge in [-0.2, -0.15) is 0 Å². The second-order valence-electron chi connectivity index (χ2n) is 5.32. The molecular formula is C20H16N2O3. The van der Waals surface area contributed by atoms with Crippen molar-refractivity contribution in [3.8, 4) is 11.8 Å². The lowest BCUT2D eigenvalue weighted by atomic mass is 10.1. The molecule has 0 saturated carbocycles. The molecule has 0 saturated heterocycles. The Morgan fingerprint density at radius 1 is 1.12 bits per heavy atom. The molecule has 3 aromatic rings. The van der Waals surface area contributed by atoms with E-state index in [0.717, 1.165) is 16.6 Å². The number of H-pyrrole nitrogens is 1. The lowest BCUT2D eigenvalue weighted by Crippen LogP contribution is -2.24. The molecule has 0 atom stereocenters. The lowest BCUT2D eigenvalue weighted by molar-refractivity contribution is 0.141. The van der Waals surface area contributed by atoms with Gasteiger partial charge in [0.25, 0.3) is 0 Å². The first-order chi connectivity index (χ1) is 12.2. The molecule has 1 amide bonds. The van der Waals surface area contributed by atoms with Crippen LogP contribution in [-0.2, 0) is 11.3 Å². The van der Waals surface area contributed by atoms with Crippen molar-refractivity contribution < 1.29 is 9.53 Å². The number of rotatable bonds is 3. The molecule has 0 aliphatic rings. The van der Waals surface area contributed by atoms with Crippen LogP contribution in [0.3, 0.4) is 0 Å². The van der Waals surface area contributed by atoms with Crippen LogP contribution < -0.4 is 10.7 Å². The molecule has 0 radical (unpaired) electrons. The highest BCUT2D eigenvalue weighted by molar-refractivity contribution is 5.79. The molecule has 0 unspecified atom stereocenters. The summed E-state index contributed by atoms with van der Waals surface area (Å²) in [5.74, 6) is 5.80. The Hall–Kier alpha value is -3.52. The number of hydrogen-bond donors (Lipinski definition) is 2. The average Bonchev–Trinajstić information content (AvgIpc) is 2.64. The first-order valence-electron chi connectivity index (χ1n) is 7.77. The number of ether oxygens (including phenoxy) is 1. The third kappa shape index (κ3) is 4.49. The van der Waals surface area contributed by atoms with Crippen LogP contribution >= 0.6 is 0 Å². The highest BCUT2D eigenvalue weighted by Gasteiger charge is 2.00.